The number of rotatable bonds is 2. The van der Waals surface area contributed by atoms with Crippen LogP contribution in [0.2, 0.25) is 0 Å². The van der Waals surface area contributed by atoms with Crippen LogP contribution < -0.4 is 0 Å². The topological polar surface area (TPSA) is 71.8 Å². The van der Waals surface area contributed by atoms with Gasteiger partial charge in [-0.15, -0.1) is 0 Å². The highest BCUT2D eigenvalue weighted by atomic mass is 16.6. The molecular weight excluding hydrogens is 184 g/mol. The second-order valence-electron chi connectivity index (χ2n) is 2.90. The molecule has 0 bridgehead atoms. The monoisotopic (exact) mass is 192 g/mol. The van der Waals surface area contributed by atoms with Gasteiger partial charge in [0.2, 0.25) is 0 Å². The molecule has 72 valence electrons. The van der Waals surface area contributed by atoms with Crippen LogP contribution in [0.5, 0.6) is 0 Å². The molecule has 1 N–H and O–H groups in total. The molecular formula is C9H8N2O3. The first-order valence-corrected chi connectivity index (χ1v) is 4.14. The molecule has 1 atom stereocenters. The van der Waals surface area contributed by atoms with Gasteiger partial charge >= 0.3 is 5.97 Å². The molecule has 5 heteroatoms. The van der Waals surface area contributed by atoms with Crippen molar-refractivity contribution in [2.24, 2.45) is 5.16 Å². The van der Waals surface area contributed by atoms with Crippen LogP contribution in [-0.2, 0) is 9.63 Å². The van der Waals surface area contributed by atoms with Gasteiger partial charge in [0.1, 0.15) is 0 Å². The first-order chi connectivity index (χ1) is 6.77. The Morgan fingerprint density at radius 1 is 1.57 bits per heavy atom. The number of oxime groups is 1. The lowest BCUT2D eigenvalue weighted by Crippen LogP contribution is -2.11. The fourth-order valence-corrected chi connectivity index (χ4v) is 1.23. The Labute approximate surface area is 80.0 Å². The van der Waals surface area contributed by atoms with Crippen molar-refractivity contribution in [1.29, 1.82) is 0 Å². The molecule has 0 unspecified atom stereocenters. The largest absolute Gasteiger partial charge is 0.477 e. The molecule has 0 aromatic carbocycles. The zero-order valence-corrected chi connectivity index (χ0v) is 7.25. The average molecular weight is 192 g/mol. The van der Waals surface area contributed by atoms with E-state index in [1.165, 1.54) is 0 Å². The van der Waals surface area contributed by atoms with Gasteiger partial charge in [0.05, 0.1) is 5.69 Å². The summed E-state index contributed by atoms with van der Waals surface area (Å²) in [6, 6.07) is 5.40. The minimum Gasteiger partial charge on any atom is -0.477 e. The Morgan fingerprint density at radius 2 is 2.43 bits per heavy atom. The lowest BCUT2D eigenvalue weighted by atomic mass is 10.1. The Bertz CT molecular complexity index is 375. The van der Waals surface area contributed by atoms with Gasteiger partial charge in [-0.2, -0.15) is 0 Å². The molecule has 0 radical (unpaired) electrons. The molecule has 0 saturated heterocycles. The van der Waals surface area contributed by atoms with E-state index in [1.54, 1.807) is 18.3 Å². The van der Waals surface area contributed by atoms with Crippen molar-refractivity contribution in [1.82, 2.24) is 4.98 Å². The van der Waals surface area contributed by atoms with Crippen LogP contribution in [0.3, 0.4) is 0 Å². The molecule has 5 nitrogen and oxygen atoms in total. The molecule has 0 amide bonds. The van der Waals surface area contributed by atoms with Gasteiger partial charge in [-0.1, -0.05) is 11.2 Å². The van der Waals surface area contributed by atoms with Crippen LogP contribution >= 0.6 is 0 Å². The van der Waals surface area contributed by atoms with Gasteiger partial charge in [0, 0.05) is 12.6 Å². The van der Waals surface area contributed by atoms with E-state index in [4.69, 9.17) is 9.94 Å². The number of carboxylic acids is 1. The lowest BCUT2D eigenvalue weighted by Gasteiger charge is -2.05. The number of hydrogen-bond acceptors (Lipinski definition) is 4. The molecule has 0 saturated carbocycles. The highest BCUT2D eigenvalue weighted by Gasteiger charge is 2.27. The third-order valence-electron chi connectivity index (χ3n) is 1.93. The van der Waals surface area contributed by atoms with E-state index in [2.05, 4.69) is 10.1 Å². The van der Waals surface area contributed by atoms with Crippen molar-refractivity contribution in [3.63, 3.8) is 0 Å². The van der Waals surface area contributed by atoms with Gasteiger partial charge in [0.25, 0.3) is 0 Å². The summed E-state index contributed by atoms with van der Waals surface area (Å²) in [4.78, 5) is 19.6. The molecule has 1 aromatic rings. The highest BCUT2D eigenvalue weighted by molar-refractivity contribution is 6.35. The Morgan fingerprint density at radius 3 is 3.00 bits per heavy atom. The summed E-state index contributed by atoms with van der Waals surface area (Å²) in [6.45, 7) is 0. The molecule has 2 rings (SSSR count). The Kier molecular flexibility index (Phi) is 2.14. The molecule has 14 heavy (non-hydrogen) atoms. The average Bonchev–Trinajstić information content (AvgIpc) is 2.68. The standard InChI is InChI=1S/C9H8N2O3/c12-9(13)7-5-8(14-11-7)6-3-1-2-4-10-6/h1-4,8H,5H2,(H,12,13)/t8-/m0/s1. The quantitative estimate of drug-likeness (QED) is 0.758. The predicted molar refractivity (Wildman–Crippen MR) is 47.8 cm³/mol. The van der Waals surface area contributed by atoms with Crippen molar-refractivity contribution in [3.8, 4) is 0 Å². The number of nitrogens with zero attached hydrogens (tertiary/aromatic N) is 2. The van der Waals surface area contributed by atoms with Gasteiger partial charge in [-0.3, -0.25) is 4.98 Å². The minimum atomic E-state index is -1.04. The van der Waals surface area contributed by atoms with E-state index in [0.29, 0.717) is 5.69 Å². The zero-order chi connectivity index (χ0) is 9.97. The normalized spacial score (nSPS) is 20.0. The van der Waals surface area contributed by atoms with E-state index >= 15 is 0 Å². The number of hydrogen-bond donors (Lipinski definition) is 1. The number of carboxylic acid groups (broad SMARTS) is 1. The maximum atomic E-state index is 10.5. The smallest absolute Gasteiger partial charge is 0.353 e. The van der Waals surface area contributed by atoms with Crippen molar-refractivity contribution < 1.29 is 14.7 Å². The van der Waals surface area contributed by atoms with E-state index < -0.39 is 5.97 Å². The molecule has 0 fully saturated rings. The molecule has 0 aliphatic carbocycles. The van der Waals surface area contributed by atoms with Crippen molar-refractivity contribution in [3.05, 3.63) is 30.1 Å². The zero-order valence-electron chi connectivity index (χ0n) is 7.25. The van der Waals surface area contributed by atoms with E-state index in [1.807, 2.05) is 6.07 Å². The van der Waals surface area contributed by atoms with Crippen LogP contribution in [0.1, 0.15) is 18.2 Å². The summed E-state index contributed by atoms with van der Waals surface area (Å²) < 4.78 is 0. The second kappa shape index (κ2) is 3.45. The summed E-state index contributed by atoms with van der Waals surface area (Å²) in [5.74, 6) is -1.04. The minimum absolute atomic E-state index is 0.0423. The van der Waals surface area contributed by atoms with Crippen LogP contribution in [0.15, 0.2) is 29.6 Å². The molecule has 1 aliphatic heterocycles. The van der Waals surface area contributed by atoms with Crippen LogP contribution in [0.25, 0.3) is 0 Å². The maximum Gasteiger partial charge on any atom is 0.353 e. The van der Waals surface area contributed by atoms with Crippen molar-refractivity contribution >= 4 is 11.7 Å². The summed E-state index contributed by atoms with van der Waals surface area (Å²) in [6.07, 6.45) is 1.55. The third-order valence-corrected chi connectivity index (χ3v) is 1.93. The summed E-state index contributed by atoms with van der Waals surface area (Å²) in [7, 11) is 0. The van der Waals surface area contributed by atoms with E-state index in [-0.39, 0.29) is 18.2 Å². The predicted octanol–water partition coefficient (Wildman–Crippen LogP) is 0.984. The number of aliphatic carboxylic acids is 1. The fourth-order valence-electron chi connectivity index (χ4n) is 1.23. The molecule has 0 spiro atoms. The summed E-state index contributed by atoms with van der Waals surface area (Å²) in [5.41, 5.74) is 0.744. The Balaban J connectivity index is 2.10. The molecule has 1 aliphatic rings. The second-order valence-corrected chi connectivity index (χ2v) is 2.90. The lowest BCUT2D eigenvalue weighted by molar-refractivity contribution is -0.129. The van der Waals surface area contributed by atoms with Crippen LogP contribution in [0, 0.1) is 0 Å². The third kappa shape index (κ3) is 1.56. The van der Waals surface area contributed by atoms with Crippen LogP contribution in [0.4, 0.5) is 0 Å². The van der Waals surface area contributed by atoms with Crippen molar-refractivity contribution in [2.75, 3.05) is 0 Å². The SMILES string of the molecule is O=C(O)C1=NO[C@H](c2ccccn2)C1. The molecule has 1 aromatic heterocycles. The van der Waals surface area contributed by atoms with Crippen molar-refractivity contribution in [2.45, 2.75) is 12.5 Å². The number of pyridine rings is 1. The van der Waals surface area contributed by atoms with E-state index in [0.717, 1.165) is 0 Å². The number of aromatic nitrogens is 1. The number of carbonyl (C=O) groups is 1. The van der Waals surface area contributed by atoms with Gasteiger partial charge in [-0.25, -0.2) is 4.79 Å². The van der Waals surface area contributed by atoms with Gasteiger partial charge in [-0.05, 0) is 12.1 Å². The van der Waals surface area contributed by atoms with Gasteiger partial charge in [0.15, 0.2) is 11.8 Å². The van der Waals surface area contributed by atoms with Crippen LogP contribution in [-0.4, -0.2) is 21.8 Å². The Hall–Kier alpha value is -1.91. The summed E-state index contributed by atoms with van der Waals surface area (Å²) >= 11 is 0. The first-order valence-electron chi connectivity index (χ1n) is 4.14. The molecule has 2 heterocycles. The first kappa shape index (κ1) is 8.68. The highest BCUT2D eigenvalue weighted by Crippen LogP contribution is 2.25. The van der Waals surface area contributed by atoms with Gasteiger partial charge < -0.3 is 9.94 Å². The maximum absolute atomic E-state index is 10.5. The van der Waals surface area contributed by atoms with E-state index in [9.17, 15) is 4.79 Å². The summed E-state index contributed by atoms with van der Waals surface area (Å²) in [5, 5.41) is 12.1. The fraction of sp³-hybridized carbons (Fsp3) is 0.222.